The van der Waals surface area contributed by atoms with Gasteiger partial charge in [0.2, 0.25) is 0 Å². The number of fused-ring (bicyclic) bond motifs is 1. The highest BCUT2D eigenvalue weighted by Crippen LogP contribution is 2.40. The molecular formula is C18H13BrN2O2S. The maximum atomic E-state index is 12.7. The lowest BCUT2D eigenvalue weighted by Crippen LogP contribution is -2.38. The summed E-state index contributed by atoms with van der Waals surface area (Å²) < 4.78 is 0.841. The van der Waals surface area contributed by atoms with E-state index in [0.29, 0.717) is 11.1 Å². The fourth-order valence-corrected chi connectivity index (χ4v) is 4.18. The van der Waals surface area contributed by atoms with Crippen LogP contribution < -0.4 is 10.6 Å². The van der Waals surface area contributed by atoms with Gasteiger partial charge < -0.3 is 15.7 Å². The second-order valence-corrected chi connectivity index (χ2v) is 7.27. The average Bonchev–Trinajstić information content (AvgIpc) is 3.02. The summed E-state index contributed by atoms with van der Waals surface area (Å²) in [6.07, 6.45) is -0.468. The zero-order valence-electron chi connectivity index (χ0n) is 12.4. The van der Waals surface area contributed by atoms with Gasteiger partial charge in [-0.3, -0.25) is 4.79 Å². The SMILES string of the molecule is O=C1N[C@H](c2cc(Br)ccc2O)Nc2scc(-c3ccccc3)c21. The van der Waals surface area contributed by atoms with Gasteiger partial charge in [0.1, 0.15) is 16.9 Å². The van der Waals surface area contributed by atoms with Crippen molar-refractivity contribution in [1.82, 2.24) is 5.32 Å². The Kier molecular flexibility index (Phi) is 3.78. The number of carbonyl (C=O) groups excluding carboxylic acids is 1. The molecule has 1 atom stereocenters. The van der Waals surface area contributed by atoms with Gasteiger partial charge in [-0.25, -0.2) is 0 Å². The van der Waals surface area contributed by atoms with Crippen LogP contribution in [-0.4, -0.2) is 11.0 Å². The Hall–Kier alpha value is -2.31. The van der Waals surface area contributed by atoms with Gasteiger partial charge >= 0.3 is 0 Å². The van der Waals surface area contributed by atoms with Gasteiger partial charge in [-0.2, -0.15) is 0 Å². The second-order valence-electron chi connectivity index (χ2n) is 5.47. The number of hydrogen-bond donors (Lipinski definition) is 3. The van der Waals surface area contributed by atoms with Gasteiger partial charge in [0.25, 0.3) is 5.91 Å². The number of phenols is 1. The Labute approximate surface area is 151 Å². The number of anilines is 1. The molecule has 2 aromatic carbocycles. The minimum atomic E-state index is -0.468. The first-order chi connectivity index (χ1) is 11.6. The Bertz CT molecular complexity index is 924. The maximum absolute atomic E-state index is 12.7. The van der Waals surface area contributed by atoms with Gasteiger partial charge in [-0.05, 0) is 23.8 Å². The first kappa shape index (κ1) is 15.2. The number of amides is 1. The topological polar surface area (TPSA) is 61.4 Å². The number of nitrogens with one attached hydrogen (secondary N) is 2. The summed E-state index contributed by atoms with van der Waals surface area (Å²) in [7, 11) is 0. The van der Waals surface area contributed by atoms with Crippen LogP contribution in [-0.2, 0) is 0 Å². The van der Waals surface area contributed by atoms with Crippen LogP contribution in [0.4, 0.5) is 5.00 Å². The van der Waals surface area contributed by atoms with Crippen molar-refractivity contribution < 1.29 is 9.90 Å². The molecule has 1 aromatic heterocycles. The Balaban J connectivity index is 1.74. The van der Waals surface area contributed by atoms with Gasteiger partial charge in [-0.15, -0.1) is 11.3 Å². The minimum absolute atomic E-state index is 0.138. The van der Waals surface area contributed by atoms with Crippen LogP contribution in [0.3, 0.4) is 0 Å². The van der Waals surface area contributed by atoms with E-state index in [1.54, 1.807) is 18.2 Å². The Morgan fingerprint density at radius 3 is 2.67 bits per heavy atom. The highest BCUT2D eigenvalue weighted by Gasteiger charge is 2.30. The quantitative estimate of drug-likeness (QED) is 0.582. The normalized spacial score (nSPS) is 16.2. The highest BCUT2D eigenvalue weighted by atomic mass is 79.9. The molecule has 0 unspecified atom stereocenters. The molecule has 0 bridgehead atoms. The minimum Gasteiger partial charge on any atom is -0.508 e. The van der Waals surface area contributed by atoms with E-state index >= 15 is 0 Å². The van der Waals surface area contributed by atoms with Crippen LogP contribution in [0.5, 0.6) is 5.75 Å². The first-order valence-corrected chi connectivity index (χ1v) is 9.03. The highest BCUT2D eigenvalue weighted by molar-refractivity contribution is 9.10. The van der Waals surface area contributed by atoms with Crippen molar-refractivity contribution in [2.45, 2.75) is 6.17 Å². The van der Waals surface area contributed by atoms with Crippen molar-refractivity contribution in [2.24, 2.45) is 0 Å². The van der Waals surface area contributed by atoms with Crippen molar-refractivity contribution in [3.8, 4) is 16.9 Å². The largest absolute Gasteiger partial charge is 0.508 e. The summed E-state index contributed by atoms with van der Waals surface area (Å²) in [5.41, 5.74) is 3.20. The lowest BCUT2D eigenvalue weighted by molar-refractivity contribution is 0.0937. The van der Waals surface area contributed by atoms with Crippen molar-refractivity contribution in [3.63, 3.8) is 0 Å². The first-order valence-electron chi connectivity index (χ1n) is 7.36. The lowest BCUT2D eigenvalue weighted by Gasteiger charge is -2.27. The molecule has 1 amide bonds. The molecule has 4 nitrogen and oxygen atoms in total. The predicted molar refractivity (Wildman–Crippen MR) is 99.4 cm³/mol. The van der Waals surface area contributed by atoms with Crippen LogP contribution in [0.1, 0.15) is 22.1 Å². The number of hydrogen-bond acceptors (Lipinski definition) is 4. The molecule has 3 aromatic rings. The number of carbonyl (C=O) groups is 1. The van der Waals surface area contributed by atoms with E-state index in [4.69, 9.17) is 0 Å². The van der Waals surface area contributed by atoms with Crippen LogP contribution >= 0.6 is 27.3 Å². The molecule has 0 saturated heterocycles. The molecule has 0 saturated carbocycles. The molecule has 4 rings (SSSR count). The third-order valence-corrected chi connectivity index (χ3v) is 5.36. The zero-order valence-corrected chi connectivity index (χ0v) is 14.8. The number of benzene rings is 2. The molecule has 0 aliphatic carbocycles. The number of rotatable bonds is 2. The fraction of sp³-hybridized carbons (Fsp3) is 0.0556. The van der Waals surface area contributed by atoms with E-state index in [-0.39, 0.29) is 11.7 Å². The Morgan fingerprint density at radius 1 is 1.08 bits per heavy atom. The van der Waals surface area contributed by atoms with Crippen LogP contribution in [0.15, 0.2) is 58.4 Å². The van der Waals surface area contributed by atoms with E-state index in [9.17, 15) is 9.90 Å². The molecule has 1 aliphatic rings. The molecule has 24 heavy (non-hydrogen) atoms. The molecule has 1 aliphatic heterocycles. The number of halogens is 1. The summed E-state index contributed by atoms with van der Waals surface area (Å²) >= 11 is 4.89. The zero-order chi connectivity index (χ0) is 16.7. The molecule has 2 heterocycles. The molecule has 0 radical (unpaired) electrons. The maximum Gasteiger partial charge on any atom is 0.256 e. The van der Waals surface area contributed by atoms with Gasteiger partial charge in [0.05, 0.1) is 5.56 Å². The summed E-state index contributed by atoms with van der Waals surface area (Å²) in [6, 6.07) is 15.0. The molecule has 120 valence electrons. The van der Waals surface area contributed by atoms with Gasteiger partial charge in [-0.1, -0.05) is 46.3 Å². The monoisotopic (exact) mass is 400 g/mol. The van der Waals surface area contributed by atoms with Crippen LogP contribution in [0.25, 0.3) is 11.1 Å². The van der Waals surface area contributed by atoms with E-state index in [1.807, 2.05) is 35.7 Å². The molecule has 6 heteroatoms. The van der Waals surface area contributed by atoms with Crippen molar-refractivity contribution in [2.75, 3.05) is 5.32 Å². The van der Waals surface area contributed by atoms with E-state index in [2.05, 4.69) is 26.6 Å². The third-order valence-electron chi connectivity index (χ3n) is 3.95. The molecule has 0 fully saturated rings. The number of phenolic OH excluding ortho intramolecular Hbond substituents is 1. The second kappa shape index (κ2) is 5.96. The van der Waals surface area contributed by atoms with Crippen LogP contribution in [0.2, 0.25) is 0 Å². The average molecular weight is 401 g/mol. The fourth-order valence-electron chi connectivity index (χ4n) is 2.80. The van der Waals surface area contributed by atoms with E-state index in [0.717, 1.165) is 20.6 Å². The molecular weight excluding hydrogens is 388 g/mol. The number of thiophene rings is 1. The lowest BCUT2D eigenvalue weighted by atomic mass is 10.0. The standard InChI is InChI=1S/C18H13BrN2O2S/c19-11-6-7-14(22)12(8-11)16-20-17(23)15-13(9-24-18(15)21-16)10-4-2-1-3-5-10/h1-9,16,21-22H,(H,20,23)/t16-/m0/s1. The smallest absolute Gasteiger partial charge is 0.256 e. The summed E-state index contributed by atoms with van der Waals surface area (Å²) in [5, 5.41) is 19.1. The van der Waals surface area contributed by atoms with E-state index in [1.165, 1.54) is 11.3 Å². The van der Waals surface area contributed by atoms with Crippen LogP contribution in [0, 0.1) is 0 Å². The van der Waals surface area contributed by atoms with Crippen molar-refractivity contribution in [1.29, 1.82) is 0 Å². The Morgan fingerprint density at radius 2 is 1.88 bits per heavy atom. The van der Waals surface area contributed by atoms with E-state index < -0.39 is 6.17 Å². The summed E-state index contributed by atoms with van der Waals surface area (Å²) in [4.78, 5) is 12.7. The van der Waals surface area contributed by atoms with Gasteiger partial charge in [0, 0.05) is 21.0 Å². The molecule has 0 spiro atoms. The van der Waals surface area contributed by atoms with Gasteiger partial charge in [0.15, 0.2) is 0 Å². The van der Waals surface area contributed by atoms with Crippen molar-refractivity contribution >= 4 is 38.2 Å². The number of aromatic hydroxyl groups is 1. The summed E-state index contributed by atoms with van der Waals surface area (Å²) in [6.45, 7) is 0. The summed E-state index contributed by atoms with van der Waals surface area (Å²) in [5.74, 6) is -0.00693. The molecule has 3 N–H and O–H groups in total. The predicted octanol–water partition coefficient (Wildman–Crippen LogP) is 4.74. The third kappa shape index (κ3) is 2.57. The van der Waals surface area contributed by atoms with Crippen molar-refractivity contribution in [3.05, 3.63) is 69.5 Å².